The summed E-state index contributed by atoms with van der Waals surface area (Å²) in [5.41, 5.74) is 6.67. The van der Waals surface area contributed by atoms with Crippen molar-refractivity contribution in [1.82, 2.24) is 14.7 Å². The van der Waals surface area contributed by atoms with Gasteiger partial charge in [0.2, 0.25) is 5.91 Å². The molecule has 5 nitrogen and oxygen atoms in total. The number of carbonyl (C=O) groups is 1. The maximum Gasteiger partial charge on any atom is 0.244 e. The molecule has 1 aliphatic heterocycles. The lowest BCUT2D eigenvalue weighted by molar-refractivity contribution is -0.131. The van der Waals surface area contributed by atoms with Gasteiger partial charge in [-0.1, -0.05) is 0 Å². The molecule has 5 heteroatoms. The van der Waals surface area contributed by atoms with Gasteiger partial charge >= 0.3 is 0 Å². The van der Waals surface area contributed by atoms with Gasteiger partial charge < -0.3 is 10.6 Å². The Labute approximate surface area is 88.8 Å². The zero-order chi connectivity index (χ0) is 10.8. The van der Waals surface area contributed by atoms with E-state index in [0.717, 1.165) is 31.5 Å². The maximum absolute atomic E-state index is 11.9. The van der Waals surface area contributed by atoms with Crippen molar-refractivity contribution >= 4 is 5.91 Å². The molecular weight excluding hydrogens is 192 g/mol. The van der Waals surface area contributed by atoms with Crippen molar-refractivity contribution in [3.63, 3.8) is 0 Å². The normalized spacial score (nSPS) is 18.1. The Bertz CT molecular complexity index is 354. The molecule has 82 valence electrons. The second-order valence-electron chi connectivity index (χ2n) is 3.96. The Morgan fingerprint density at radius 2 is 2.20 bits per heavy atom. The molecular formula is C10H16N4O. The average Bonchev–Trinajstić information content (AvgIpc) is 2.85. The summed E-state index contributed by atoms with van der Waals surface area (Å²) in [6, 6.07) is -0.559. The number of nitrogens with zero attached hydrogens (tertiary/aromatic N) is 3. The molecule has 1 aromatic rings. The molecule has 2 heterocycles. The highest BCUT2D eigenvalue weighted by Crippen LogP contribution is 2.16. The van der Waals surface area contributed by atoms with E-state index in [9.17, 15) is 4.79 Å². The fourth-order valence-electron chi connectivity index (χ4n) is 1.88. The molecule has 1 amide bonds. The van der Waals surface area contributed by atoms with Crippen molar-refractivity contribution in [3.8, 4) is 0 Å². The van der Waals surface area contributed by atoms with E-state index >= 15 is 0 Å². The zero-order valence-electron chi connectivity index (χ0n) is 8.89. The molecule has 1 saturated heterocycles. The lowest BCUT2D eigenvalue weighted by Crippen LogP contribution is -2.36. The maximum atomic E-state index is 11.9. The number of rotatable bonds is 2. The third kappa shape index (κ3) is 2.02. The molecule has 0 aromatic carbocycles. The van der Waals surface area contributed by atoms with Crippen molar-refractivity contribution in [2.75, 3.05) is 13.1 Å². The molecule has 0 bridgehead atoms. The van der Waals surface area contributed by atoms with Gasteiger partial charge in [-0.2, -0.15) is 5.10 Å². The number of nitrogens with two attached hydrogens (primary N) is 1. The average molecular weight is 208 g/mol. The van der Waals surface area contributed by atoms with Crippen LogP contribution in [0, 0.1) is 0 Å². The van der Waals surface area contributed by atoms with E-state index in [1.807, 2.05) is 11.9 Å². The highest BCUT2D eigenvalue weighted by Gasteiger charge is 2.25. The Morgan fingerprint density at radius 3 is 2.73 bits per heavy atom. The minimum absolute atomic E-state index is 0.0144. The van der Waals surface area contributed by atoms with Gasteiger partial charge in [-0.25, -0.2) is 0 Å². The fourth-order valence-corrected chi connectivity index (χ4v) is 1.88. The van der Waals surface area contributed by atoms with Gasteiger partial charge in [0.05, 0.1) is 6.20 Å². The minimum Gasteiger partial charge on any atom is -0.341 e. The standard InChI is InChI=1S/C10H16N4O/c1-13-7-8(6-12-13)9(11)10(15)14-4-2-3-5-14/h6-7,9H,2-5,11H2,1H3. The van der Waals surface area contributed by atoms with Crippen LogP contribution in [-0.4, -0.2) is 33.7 Å². The molecule has 2 rings (SSSR count). The highest BCUT2D eigenvalue weighted by molar-refractivity contribution is 5.83. The molecule has 1 aliphatic rings. The van der Waals surface area contributed by atoms with Crippen molar-refractivity contribution in [2.24, 2.45) is 12.8 Å². The van der Waals surface area contributed by atoms with E-state index in [4.69, 9.17) is 5.73 Å². The first-order valence-electron chi connectivity index (χ1n) is 5.21. The van der Waals surface area contributed by atoms with Crippen LogP contribution in [0.5, 0.6) is 0 Å². The van der Waals surface area contributed by atoms with E-state index in [1.165, 1.54) is 0 Å². The molecule has 0 saturated carbocycles. The van der Waals surface area contributed by atoms with Crippen molar-refractivity contribution in [2.45, 2.75) is 18.9 Å². The third-order valence-corrected chi connectivity index (χ3v) is 2.77. The first kappa shape index (κ1) is 10.2. The topological polar surface area (TPSA) is 64.2 Å². The lowest BCUT2D eigenvalue weighted by Gasteiger charge is -2.19. The number of hydrogen-bond donors (Lipinski definition) is 1. The summed E-state index contributed by atoms with van der Waals surface area (Å²) in [6.45, 7) is 1.68. The van der Waals surface area contributed by atoms with Crippen LogP contribution >= 0.6 is 0 Å². The zero-order valence-corrected chi connectivity index (χ0v) is 8.89. The van der Waals surface area contributed by atoms with Gasteiger partial charge in [0, 0.05) is 31.9 Å². The summed E-state index contributed by atoms with van der Waals surface area (Å²) in [7, 11) is 1.82. The highest BCUT2D eigenvalue weighted by atomic mass is 16.2. The van der Waals surface area contributed by atoms with Crippen LogP contribution in [0.1, 0.15) is 24.4 Å². The lowest BCUT2D eigenvalue weighted by atomic mass is 10.1. The smallest absolute Gasteiger partial charge is 0.244 e. The fraction of sp³-hybridized carbons (Fsp3) is 0.600. The number of amides is 1. The predicted octanol–water partition coefficient (Wildman–Crippen LogP) is 0.0423. The molecule has 1 unspecified atom stereocenters. The van der Waals surface area contributed by atoms with Crippen molar-refractivity contribution < 1.29 is 4.79 Å². The monoisotopic (exact) mass is 208 g/mol. The summed E-state index contributed by atoms with van der Waals surface area (Å²) in [5, 5.41) is 4.01. The molecule has 0 spiro atoms. The molecule has 0 aliphatic carbocycles. The molecule has 1 fully saturated rings. The molecule has 2 N–H and O–H groups in total. The SMILES string of the molecule is Cn1cc(C(N)C(=O)N2CCCC2)cn1. The van der Waals surface area contributed by atoms with Crippen molar-refractivity contribution in [3.05, 3.63) is 18.0 Å². The summed E-state index contributed by atoms with van der Waals surface area (Å²) in [5.74, 6) is 0.0144. The van der Waals surface area contributed by atoms with Gasteiger partial charge in [0.25, 0.3) is 0 Å². The molecule has 1 atom stereocenters. The number of aryl methyl sites for hydroxylation is 1. The quantitative estimate of drug-likeness (QED) is 0.746. The second-order valence-corrected chi connectivity index (χ2v) is 3.96. The third-order valence-electron chi connectivity index (χ3n) is 2.77. The van der Waals surface area contributed by atoms with Crippen molar-refractivity contribution in [1.29, 1.82) is 0 Å². The number of likely N-dealkylation sites (tertiary alicyclic amines) is 1. The largest absolute Gasteiger partial charge is 0.341 e. The first-order valence-corrected chi connectivity index (χ1v) is 5.21. The summed E-state index contributed by atoms with van der Waals surface area (Å²) in [6.07, 6.45) is 5.62. The Hall–Kier alpha value is -1.36. The molecule has 15 heavy (non-hydrogen) atoms. The summed E-state index contributed by atoms with van der Waals surface area (Å²) >= 11 is 0. The summed E-state index contributed by atoms with van der Waals surface area (Å²) < 4.78 is 1.66. The predicted molar refractivity (Wildman–Crippen MR) is 56.0 cm³/mol. The van der Waals surface area contributed by atoms with Gasteiger partial charge in [0.1, 0.15) is 6.04 Å². The van der Waals surface area contributed by atoms with Crippen LogP contribution in [0.25, 0.3) is 0 Å². The van der Waals surface area contributed by atoms with E-state index in [0.29, 0.717) is 0 Å². The second kappa shape index (κ2) is 4.02. The Morgan fingerprint density at radius 1 is 1.53 bits per heavy atom. The van der Waals surface area contributed by atoms with Crippen LogP contribution < -0.4 is 5.73 Å². The van der Waals surface area contributed by atoms with E-state index in [1.54, 1.807) is 17.1 Å². The Kier molecular flexibility index (Phi) is 2.73. The van der Waals surface area contributed by atoms with Crippen LogP contribution in [0.15, 0.2) is 12.4 Å². The molecule has 1 aromatic heterocycles. The molecule has 0 radical (unpaired) electrons. The van der Waals surface area contributed by atoms with E-state index in [-0.39, 0.29) is 5.91 Å². The van der Waals surface area contributed by atoms with Crippen LogP contribution in [0.3, 0.4) is 0 Å². The van der Waals surface area contributed by atoms with Gasteiger partial charge in [-0.3, -0.25) is 9.48 Å². The number of carbonyl (C=O) groups excluding carboxylic acids is 1. The Balaban J connectivity index is 2.06. The minimum atomic E-state index is -0.559. The van der Waals surface area contributed by atoms with E-state index < -0.39 is 6.04 Å². The number of hydrogen-bond acceptors (Lipinski definition) is 3. The van der Waals surface area contributed by atoms with Gasteiger partial charge in [0.15, 0.2) is 0 Å². The van der Waals surface area contributed by atoms with Crippen LogP contribution in [-0.2, 0) is 11.8 Å². The van der Waals surface area contributed by atoms with E-state index in [2.05, 4.69) is 5.10 Å². The van der Waals surface area contributed by atoms with Gasteiger partial charge in [-0.05, 0) is 12.8 Å². The van der Waals surface area contributed by atoms with Gasteiger partial charge in [-0.15, -0.1) is 0 Å². The first-order chi connectivity index (χ1) is 7.18. The summed E-state index contributed by atoms with van der Waals surface area (Å²) in [4.78, 5) is 13.7. The van der Waals surface area contributed by atoms with Crippen LogP contribution in [0.4, 0.5) is 0 Å². The van der Waals surface area contributed by atoms with Crippen LogP contribution in [0.2, 0.25) is 0 Å². The number of aromatic nitrogens is 2.